The van der Waals surface area contributed by atoms with Crippen LogP contribution in [0.25, 0.3) is 0 Å². The molecule has 6 nitrogen and oxygen atoms in total. The van der Waals surface area contributed by atoms with Crippen LogP contribution in [-0.2, 0) is 14.6 Å². The molecule has 2 aromatic carbocycles. The van der Waals surface area contributed by atoms with Crippen LogP contribution in [0.15, 0.2) is 47.4 Å². The van der Waals surface area contributed by atoms with Crippen LogP contribution in [0, 0.1) is 11.7 Å². The second-order valence-corrected chi connectivity index (χ2v) is 10.9. The Morgan fingerprint density at radius 1 is 1.16 bits per heavy atom. The average molecular weight is 479 g/mol. The number of hydrogen-bond donors (Lipinski definition) is 1. The highest BCUT2D eigenvalue weighted by Gasteiger charge is 2.39. The summed E-state index contributed by atoms with van der Waals surface area (Å²) in [5.41, 5.74) is 0.608. The maximum absolute atomic E-state index is 14.5. The summed E-state index contributed by atoms with van der Waals surface area (Å²) < 4.78 is 38.2. The Morgan fingerprint density at radius 3 is 2.56 bits per heavy atom. The zero-order valence-corrected chi connectivity index (χ0v) is 19.1. The van der Waals surface area contributed by atoms with Gasteiger partial charge in [0.25, 0.3) is 5.91 Å². The highest BCUT2D eigenvalue weighted by atomic mass is 35.5. The van der Waals surface area contributed by atoms with E-state index in [0.717, 1.165) is 19.1 Å². The van der Waals surface area contributed by atoms with Crippen molar-refractivity contribution in [3.8, 4) is 0 Å². The molecule has 2 amide bonds. The van der Waals surface area contributed by atoms with E-state index in [9.17, 15) is 22.4 Å². The first-order chi connectivity index (χ1) is 15.1. The summed E-state index contributed by atoms with van der Waals surface area (Å²) in [5.74, 6) is -1.05. The molecule has 2 aliphatic rings. The van der Waals surface area contributed by atoms with Crippen LogP contribution in [0.2, 0.25) is 5.02 Å². The Labute approximate surface area is 191 Å². The monoisotopic (exact) mass is 478 g/mol. The summed E-state index contributed by atoms with van der Waals surface area (Å²) in [7, 11) is -3.46. The Morgan fingerprint density at radius 2 is 1.91 bits per heavy atom. The van der Waals surface area contributed by atoms with E-state index in [1.165, 1.54) is 29.2 Å². The number of nitrogens with one attached hydrogen (secondary N) is 1. The van der Waals surface area contributed by atoms with Gasteiger partial charge in [0, 0.05) is 29.0 Å². The smallest absolute Gasteiger partial charge is 0.254 e. The average Bonchev–Trinajstić information content (AvgIpc) is 3.47. The van der Waals surface area contributed by atoms with E-state index in [4.69, 9.17) is 11.6 Å². The van der Waals surface area contributed by atoms with Gasteiger partial charge in [0.1, 0.15) is 11.9 Å². The maximum atomic E-state index is 14.5. The molecule has 170 valence electrons. The second-order valence-electron chi connectivity index (χ2n) is 8.45. The molecule has 32 heavy (non-hydrogen) atoms. The number of amides is 2. The van der Waals surface area contributed by atoms with Crippen LogP contribution in [0.1, 0.15) is 47.6 Å². The molecule has 1 aliphatic carbocycles. The predicted molar refractivity (Wildman–Crippen MR) is 119 cm³/mol. The number of hydrogen-bond acceptors (Lipinski definition) is 4. The van der Waals surface area contributed by atoms with Crippen LogP contribution in [0.5, 0.6) is 0 Å². The molecule has 1 N–H and O–H groups in total. The fraction of sp³-hybridized carbons (Fsp3) is 0.391. The molecule has 1 heterocycles. The quantitative estimate of drug-likeness (QED) is 0.685. The van der Waals surface area contributed by atoms with Gasteiger partial charge in [-0.05, 0) is 61.9 Å². The van der Waals surface area contributed by atoms with Gasteiger partial charge < -0.3 is 10.2 Å². The molecule has 9 heteroatoms. The van der Waals surface area contributed by atoms with Crippen molar-refractivity contribution in [2.75, 3.05) is 12.8 Å². The summed E-state index contributed by atoms with van der Waals surface area (Å²) in [5, 5.41) is 3.25. The topological polar surface area (TPSA) is 83.6 Å². The van der Waals surface area contributed by atoms with Crippen LogP contribution >= 0.6 is 11.6 Å². The summed E-state index contributed by atoms with van der Waals surface area (Å²) in [6.07, 6.45) is 4.00. The second kappa shape index (κ2) is 8.83. The zero-order valence-electron chi connectivity index (χ0n) is 17.6. The summed E-state index contributed by atoms with van der Waals surface area (Å²) in [4.78, 5) is 27.8. The molecule has 0 aromatic heterocycles. The molecule has 1 aliphatic heterocycles. The summed E-state index contributed by atoms with van der Waals surface area (Å²) in [6.45, 7) is 0.392. The van der Waals surface area contributed by atoms with Crippen LogP contribution < -0.4 is 5.32 Å². The van der Waals surface area contributed by atoms with Crippen molar-refractivity contribution in [1.29, 1.82) is 0 Å². The van der Waals surface area contributed by atoms with Crippen molar-refractivity contribution in [1.82, 2.24) is 10.2 Å². The lowest BCUT2D eigenvalue weighted by Gasteiger charge is -2.27. The van der Waals surface area contributed by atoms with Crippen molar-refractivity contribution < 1.29 is 22.4 Å². The molecule has 1 saturated carbocycles. The number of sulfone groups is 1. The van der Waals surface area contributed by atoms with Crippen molar-refractivity contribution in [2.45, 2.75) is 42.7 Å². The third-order valence-corrected chi connectivity index (χ3v) is 7.36. The van der Waals surface area contributed by atoms with Crippen LogP contribution in [0.3, 0.4) is 0 Å². The molecular weight excluding hydrogens is 455 g/mol. The van der Waals surface area contributed by atoms with Crippen molar-refractivity contribution in [3.63, 3.8) is 0 Å². The van der Waals surface area contributed by atoms with Gasteiger partial charge >= 0.3 is 0 Å². The molecule has 0 radical (unpaired) electrons. The number of carbonyl (C=O) groups is 2. The van der Waals surface area contributed by atoms with E-state index in [-0.39, 0.29) is 27.3 Å². The van der Waals surface area contributed by atoms with E-state index in [2.05, 4.69) is 5.32 Å². The lowest BCUT2D eigenvalue weighted by molar-refractivity contribution is -0.125. The summed E-state index contributed by atoms with van der Waals surface area (Å²) in [6, 6.07) is 9.08. The largest absolute Gasteiger partial charge is 0.347 e. The van der Waals surface area contributed by atoms with Gasteiger partial charge in [0.15, 0.2) is 9.84 Å². The Kier molecular flexibility index (Phi) is 6.27. The van der Waals surface area contributed by atoms with Crippen LogP contribution in [0.4, 0.5) is 4.39 Å². The SMILES string of the molecule is CS(=O)(=O)c1cccc(C(=O)N2CCC[C@@H]2C(=O)NC(c2ccc(Cl)cc2F)C2CC2)c1. The highest BCUT2D eigenvalue weighted by Crippen LogP contribution is 2.42. The fourth-order valence-electron chi connectivity index (χ4n) is 4.19. The van der Waals surface area contributed by atoms with Crippen LogP contribution in [-0.4, -0.2) is 44.0 Å². The number of benzene rings is 2. The first kappa shape index (κ1) is 22.7. The molecule has 1 unspecified atom stereocenters. The van der Waals surface area contributed by atoms with Gasteiger partial charge in [-0.3, -0.25) is 9.59 Å². The third-order valence-electron chi connectivity index (χ3n) is 6.01. The number of carbonyl (C=O) groups excluding carboxylic acids is 2. The van der Waals surface area contributed by atoms with E-state index >= 15 is 0 Å². The van der Waals surface area contributed by atoms with Crippen molar-refractivity contribution in [2.24, 2.45) is 5.92 Å². The van der Waals surface area contributed by atoms with E-state index < -0.39 is 33.6 Å². The first-order valence-corrected chi connectivity index (χ1v) is 12.8. The van der Waals surface area contributed by atoms with Gasteiger partial charge in [-0.2, -0.15) is 0 Å². The third kappa shape index (κ3) is 4.81. The predicted octanol–water partition coefficient (Wildman–Crippen LogP) is 3.75. The lowest BCUT2D eigenvalue weighted by atomic mass is 10.0. The molecular formula is C23H24ClFN2O4S. The van der Waals surface area contributed by atoms with Gasteiger partial charge in [-0.25, -0.2) is 12.8 Å². The van der Waals surface area contributed by atoms with E-state index in [1.54, 1.807) is 18.2 Å². The normalized spacial score (nSPS) is 19.6. The Bertz CT molecular complexity index is 1170. The minimum Gasteiger partial charge on any atom is -0.347 e. The number of nitrogens with zero attached hydrogens (tertiary/aromatic N) is 1. The highest BCUT2D eigenvalue weighted by molar-refractivity contribution is 7.90. The first-order valence-electron chi connectivity index (χ1n) is 10.5. The Hall–Kier alpha value is -2.45. The molecule has 2 atom stereocenters. The van der Waals surface area contributed by atoms with Gasteiger partial charge in [0.05, 0.1) is 10.9 Å². The molecule has 4 rings (SSSR count). The zero-order chi connectivity index (χ0) is 23.0. The summed E-state index contributed by atoms with van der Waals surface area (Å²) >= 11 is 5.87. The van der Waals surface area contributed by atoms with Gasteiger partial charge in [-0.15, -0.1) is 0 Å². The molecule has 2 fully saturated rings. The van der Waals surface area contributed by atoms with Gasteiger partial charge in [-0.1, -0.05) is 23.7 Å². The number of likely N-dealkylation sites (tertiary alicyclic amines) is 1. The van der Waals surface area contributed by atoms with Gasteiger partial charge in [0.2, 0.25) is 5.91 Å². The van der Waals surface area contributed by atoms with E-state index in [0.29, 0.717) is 24.9 Å². The Balaban J connectivity index is 1.54. The van der Waals surface area contributed by atoms with Crippen molar-refractivity contribution in [3.05, 3.63) is 64.4 Å². The lowest BCUT2D eigenvalue weighted by Crippen LogP contribution is -2.47. The standard InChI is InChI=1S/C23H24ClFN2O4S/c1-32(30,31)17-5-2-4-15(12-17)23(29)27-11-3-6-20(27)22(28)26-21(14-7-8-14)18-10-9-16(24)13-19(18)25/h2,4-5,9-10,12-14,20-21H,3,6-8,11H2,1H3,(H,26,28)/t20-,21?/m1/s1. The maximum Gasteiger partial charge on any atom is 0.254 e. The minimum absolute atomic E-state index is 0.0514. The molecule has 0 bridgehead atoms. The minimum atomic E-state index is -3.46. The van der Waals surface area contributed by atoms with E-state index in [1.807, 2.05) is 0 Å². The number of halogens is 2. The van der Waals surface area contributed by atoms with Crippen molar-refractivity contribution >= 4 is 33.3 Å². The molecule has 2 aromatic rings. The number of rotatable bonds is 6. The molecule has 1 saturated heterocycles. The molecule has 0 spiro atoms. The fourth-order valence-corrected chi connectivity index (χ4v) is 5.02.